The van der Waals surface area contributed by atoms with Crippen LogP contribution in [0.2, 0.25) is 0 Å². The predicted octanol–water partition coefficient (Wildman–Crippen LogP) is 1.51. The molecule has 3 rings (SSSR count). The van der Waals surface area contributed by atoms with Gasteiger partial charge in [0.15, 0.2) is 5.78 Å². The normalized spacial score (nSPS) is 18.1. The molecule has 1 aromatic rings. The van der Waals surface area contributed by atoms with Crippen LogP contribution in [0.5, 0.6) is 0 Å². The Labute approximate surface area is 106 Å². The molecule has 0 unspecified atom stereocenters. The van der Waals surface area contributed by atoms with Crippen molar-refractivity contribution in [1.29, 1.82) is 0 Å². The maximum atomic E-state index is 12.0. The van der Waals surface area contributed by atoms with Gasteiger partial charge < -0.3 is 10.6 Å². The predicted molar refractivity (Wildman–Crippen MR) is 68.7 cm³/mol. The number of amides is 1. The average molecular weight is 244 g/mol. The molecule has 0 atom stereocenters. The second kappa shape index (κ2) is 4.53. The monoisotopic (exact) mass is 244 g/mol. The molecular formula is C14H16N2O2. The van der Waals surface area contributed by atoms with Crippen molar-refractivity contribution in [3.8, 4) is 0 Å². The Balaban J connectivity index is 1.72. The molecule has 0 saturated heterocycles. The van der Waals surface area contributed by atoms with Crippen molar-refractivity contribution >= 4 is 17.4 Å². The summed E-state index contributed by atoms with van der Waals surface area (Å²) in [6.07, 6.45) is 3.59. The molecule has 2 N–H and O–H groups in total. The maximum Gasteiger partial charge on any atom is 0.224 e. The Morgan fingerprint density at radius 1 is 1.33 bits per heavy atom. The third-order valence-corrected chi connectivity index (χ3v) is 3.45. The lowest BCUT2D eigenvalue weighted by molar-refractivity contribution is -0.116. The van der Waals surface area contributed by atoms with E-state index in [-0.39, 0.29) is 11.7 Å². The Morgan fingerprint density at radius 2 is 2.17 bits per heavy atom. The van der Waals surface area contributed by atoms with Crippen LogP contribution < -0.4 is 10.6 Å². The highest BCUT2D eigenvalue weighted by molar-refractivity contribution is 6.00. The summed E-state index contributed by atoms with van der Waals surface area (Å²) in [4.78, 5) is 23.2. The van der Waals surface area contributed by atoms with Crippen molar-refractivity contribution < 1.29 is 9.59 Å². The van der Waals surface area contributed by atoms with E-state index in [0.29, 0.717) is 19.0 Å². The Kier molecular flexibility index (Phi) is 2.88. The summed E-state index contributed by atoms with van der Waals surface area (Å²) in [6, 6.07) is 6.08. The van der Waals surface area contributed by atoms with Crippen LogP contribution >= 0.6 is 0 Å². The Morgan fingerprint density at radius 3 is 2.94 bits per heavy atom. The standard InChI is InChI=1S/C14H16N2O2/c17-13(8-15-11-3-4-11)10-1-5-12-9(7-10)2-6-14(18)16-12/h1,5,7,11,15H,2-4,6,8H2,(H,16,18). The van der Waals surface area contributed by atoms with Gasteiger partial charge in [-0.2, -0.15) is 0 Å². The Bertz CT molecular complexity index is 507. The number of anilines is 1. The summed E-state index contributed by atoms with van der Waals surface area (Å²) in [5.74, 6) is 0.179. The maximum absolute atomic E-state index is 12.0. The van der Waals surface area contributed by atoms with E-state index in [2.05, 4.69) is 10.6 Å². The van der Waals surface area contributed by atoms with Gasteiger partial charge in [-0.05, 0) is 43.0 Å². The lowest BCUT2D eigenvalue weighted by Crippen LogP contribution is -2.25. The number of rotatable bonds is 4. The molecule has 4 nitrogen and oxygen atoms in total. The third-order valence-electron chi connectivity index (χ3n) is 3.45. The van der Waals surface area contributed by atoms with E-state index in [4.69, 9.17) is 0 Å². The minimum absolute atomic E-state index is 0.0528. The smallest absolute Gasteiger partial charge is 0.224 e. The van der Waals surface area contributed by atoms with Crippen molar-refractivity contribution in [3.63, 3.8) is 0 Å². The number of benzene rings is 1. The van der Waals surface area contributed by atoms with Crippen LogP contribution in [0.25, 0.3) is 0 Å². The van der Waals surface area contributed by atoms with E-state index in [1.165, 1.54) is 12.8 Å². The molecule has 0 spiro atoms. The fraction of sp³-hybridized carbons (Fsp3) is 0.429. The van der Waals surface area contributed by atoms with Crippen LogP contribution in [0.4, 0.5) is 5.69 Å². The van der Waals surface area contributed by atoms with Crippen molar-refractivity contribution in [2.45, 2.75) is 31.7 Å². The van der Waals surface area contributed by atoms with Crippen LogP contribution in [0, 0.1) is 0 Å². The van der Waals surface area contributed by atoms with Gasteiger partial charge in [0, 0.05) is 23.7 Å². The molecule has 18 heavy (non-hydrogen) atoms. The van der Waals surface area contributed by atoms with E-state index in [1.54, 1.807) is 6.07 Å². The fourth-order valence-electron chi connectivity index (χ4n) is 2.18. The van der Waals surface area contributed by atoms with E-state index in [9.17, 15) is 9.59 Å². The summed E-state index contributed by atoms with van der Waals surface area (Å²) in [6.45, 7) is 0.413. The van der Waals surface area contributed by atoms with Gasteiger partial charge in [-0.25, -0.2) is 0 Å². The van der Waals surface area contributed by atoms with Gasteiger partial charge in [-0.1, -0.05) is 0 Å². The van der Waals surface area contributed by atoms with Crippen LogP contribution in [0.15, 0.2) is 18.2 Å². The number of aryl methyl sites for hydroxylation is 1. The zero-order valence-electron chi connectivity index (χ0n) is 10.2. The van der Waals surface area contributed by atoms with E-state index in [1.807, 2.05) is 12.1 Å². The molecule has 1 aromatic carbocycles. The highest BCUT2D eigenvalue weighted by Crippen LogP contribution is 2.24. The van der Waals surface area contributed by atoms with E-state index >= 15 is 0 Å². The SMILES string of the molecule is O=C1CCc2cc(C(=O)CNC3CC3)ccc2N1. The molecular weight excluding hydrogens is 228 g/mol. The van der Waals surface area contributed by atoms with Gasteiger partial charge in [0.25, 0.3) is 0 Å². The molecule has 94 valence electrons. The van der Waals surface area contributed by atoms with E-state index in [0.717, 1.165) is 23.2 Å². The molecule has 0 bridgehead atoms. The number of carbonyl (C=O) groups excluding carboxylic acids is 2. The van der Waals surface area contributed by atoms with Crippen LogP contribution in [-0.4, -0.2) is 24.3 Å². The first-order valence-corrected chi connectivity index (χ1v) is 6.42. The first-order valence-electron chi connectivity index (χ1n) is 6.42. The fourth-order valence-corrected chi connectivity index (χ4v) is 2.18. The van der Waals surface area contributed by atoms with Gasteiger partial charge >= 0.3 is 0 Å². The Hall–Kier alpha value is -1.68. The summed E-state index contributed by atoms with van der Waals surface area (Å²) >= 11 is 0. The molecule has 4 heteroatoms. The molecule has 1 aliphatic heterocycles. The van der Waals surface area contributed by atoms with Crippen LogP contribution in [-0.2, 0) is 11.2 Å². The number of hydrogen-bond donors (Lipinski definition) is 2. The number of fused-ring (bicyclic) bond motifs is 1. The number of nitrogens with one attached hydrogen (secondary N) is 2. The first-order chi connectivity index (χ1) is 8.72. The zero-order chi connectivity index (χ0) is 12.5. The highest BCUT2D eigenvalue weighted by Gasteiger charge is 2.22. The molecule has 0 aromatic heterocycles. The van der Waals surface area contributed by atoms with Gasteiger partial charge in [-0.3, -0.25) is 9.59 Å². The van der Waals surface area contributed by atoms with Crippen molar-refractivity contribution in [2.24, 2.45) is 0 Å². The quantitative estimate of drug-likeness (QED) is 0.789. The highest BCUT2D eigenvalue weighted by atomic mass is 16.1. The van der Waals surface area contributed by atoms with Crippen LogP contribution in [0.3, 0.4) is 0 Å². The zero-order valence-corrected chi connectivity index (χ0v) is 10.2. The second-order valence-corrected chi connectivity index (χ2v) is 5.00. The van der Waals surface area contributed by atoms with Gasteiger partial charge in [0.1, 0.15) is 0 Å². The summed E-state index contributed by atoms with van der Waals surface area (Å²) in [5.41, 5.74) is 2.64. The van der Waals surface area contributed by atoms with Crippen molar-refractivity contribution in [3.05, 3.63) is 29.3 Å². The first kappa shape index (κ1) is 11.4. The molecule has 2 aliphatic rings. The number of ketones is 1. The summed E-state index contributed by atoms with van der Waals surface area (Å²) in [5, 5.41) is 6.04. The van der Waals surface area contributed by atoms with Crippen molar-refractivity contribution in [2.75, 3.05) is 11.9 Å². The molecule has 1 amide bonds. The topological polar surface area (TPSA) is 58.2 Å². The minimum Gasteiger partial charge on any atom is -0.326 e. The molecule has 1 fully saturated rings. The van der Waals surface area contributed by atoms with Gasteiger partial charge in [-0.15, -0.1) is 0 Å². The molecule has 1 saturated carbocycles. The lowest BCUT2D eigenvalue weighted by Gasteiger charge is -2.17. The minimum atomic E-state index is 0.0528. The van der Waals surface area contributed by atoms with Gasteiger partial charge in [0.05, 0.1) is 6.54 Å². The molecule has 1 aliphatic carbocycles. The van der Waals surface area contributed by atoms with E-state index < -0.39 is 0 Å². The largest absolute Gasteiger partial charge is 0.326 e. The lowest BCUT2D eigenvalue weighted by atomic mass is 9.99. The second-order valence-electron chi connectivity index (χ2n) is 5.00. The number of hydrogen-bond acceptors (Lipinski definition) is 3. The molecule has 0 radical (unpaired) electrons. The average Bonchev–Trinajstić information content (AvgIpc) is 3.19. The molecule has 1 heterocycles. The summed E-state index contributed by atoms with van der Waals surface area (Å²) < 4.78 is 0. The van der Waals surface area contributed by atoms with Crippen LogP contribution in [0.1, 0.15) is 35.2 Å². The van der Waals surface area contributed by atoms with Crippen molar-refractivity contribution in [1.82, 2.24) is 5.32 Å². The van der Waals surface area contributed by atoms with Gasteiger partial charge in [0.2, 0.25) is 5.91 Å². The third kappa shape index (κ3) is 2.43. The number of carbonyl (C=O) groups is 2. The number of Topliss-reactive ketones (excluding diaryl/α,β-unsaturated/α-hetero) is 1. The summed E-state index contributed by atoms with van der Waals surface area (Å²) in [7, 11) is 0.